The lowest BCUT2D eigenvalue weighted by molar-refractivity contribution is 0.0524. The van der Waals surface area contributed by atoms with E-state index in [1.807, 2.05) is 19.1 Å². The molecule has 0 amide bonds. The first-order valence-corrected chi connectivity index (χ1v) is 7.72. The molecule has 0 unspecified atom stereocenters. The first kappa shape index (κ1) is 15.9. The highest BCUT2D eigenvalue weighted by molar-refractivity contribution is 9.10. The highest BCUT2D eigenvalue weighted by atomic mass is 79.9. The Morgan fingerprint density at radius 2 is 2.14 bits per heavy atom. The summed E-state index contributed by atoms with van der Waals surface area (Å²) in [5.74, 6) is 0.162. The molecule has 1 heterocycles. The van der Waals surface area contributed by atoms with E-state index in [0.717, 1.165) is 10.0 Å². The van der Waals surface area contributed by atoms with Crippen LogP contribution in [0.3, 0.4) is 0 Å². The van der Waals surface area contributed by atoms with Gasteiger partial charge in [0.2, 0.25) is 0 Å². The molecule has 0 aliphatic heterocycles. The summed E-state index contributed by atoms with van der Waals surface area (Å²) < 4.78 is 5.78. The molecule has 110 valence electrons. The summed E-state index contributed by atoms with van der Waals surface area (Å²) in [6.45, 7) is 4.03. The van der Waals surface area contributed by atoms with Crippen molar-refractivity contribution in [2.75, 3.05) is 6.61 Å². The van der Waals surface area contributed by atoms with Gasteiger partial charge in [0.25, 0.3) is 0 Å². The van der Waals surface area contributed by atoms with Crippen LogP contribution in [-0.4, -0.2) is 22.5 Å². The van der Waals surface area contributed by atoms with E-state index in [-0.39, 0.29) is 0 Å². The molecule has 1 aromatic heterocycles. The second kappa shape index (κ2) is 7.00. The van der Waals surface area contributed by atoms with Crippen molar-refractivity contribution in [1.29, 1.82) is 0 Å². The number of ether oxygens (including phenoxy) is 1. The third-order valence-electron chi connectivity index (χ3n) is 2.88. The topological polar surface area (TPSA) is 52.1 Å². The highest BCUT2D eigenvalue weighted by Crippen LogP contribution is 2.27. The highest BCUT2D eigenvalue weighted by Gasteiger charge is 2.15. The lowest BCUT2D eigenvalue weighted by Gasteiger charge is -2.08. The lowest BCUT2D eigenvalue weighted by Crippen LogP contribution is -2.11. The average Bonchev–Trinajstić information content (AvgIpc) is 2.49. The van der Waals surface area contributed by atoms with Crippen molar-refractivity contribution in [3.05, 3.63) is 45.1 Å². The minimum Gasteiger partial charge on any atom is -0.462 e. The molecule has 0 atom stereocenters. The van der Waals surface area contributed by atoms with Gasteiger partial charge in [-0.1, -0.05) is 18.5 Å². The van der Waals surface area contributed by atoms with Crippen molar-refractivity contribution in [3.63, 3.8) is 0 Å². The zero-order valence-corrected chi connectivity index (χ0v) is 14.0. The van der Waals surface area contributed by atoms with Crippen molar-refractivity contribution in [2.45, 2.75) is 20.3 Å². The van der Waals surface area contributed by atoms with Crippen LogP contribution < -0.4 is 0 Å². The summed E-state index contributed by atoms with van der Waals surface area (Å²) in [5, 5.41) is 0.623. The second-order valence-corrected chi connectivity index (χ2v) is 5.52. The zero-order valence-electron chi connectivity index (χ0n) is 11.7. The normalized spacial score (nSPS) is 10.5. The van der Waals surface area contributed by atoms with Gasteiger partial charge in [0.05, 0.1) is 22.9 Å². The summed E-state index contributed by atoms with van der Waals surface area (Å²) >= 11 is 9.35. The van der Waals surface area contributed by atoms with Crippen molar-refractivity contribution in [2.24, 2.45) is 0 Å². The number of carbonyl (C=O) groups is 1. The van der Waals surface area contributed by atoms with Gasteiger partial charge in [-0.2, -0.15) is 0 Å². The smallest absolute Gasteiger partial charge is 0.341 e. The number of halogens is 2. The van der Waals surface area contributed by atoms with E-state index < -0.39 is 5.97 Å². The van der Waals surface area contributed by atoms with Gasteiger partial charge in [0.15, 0.2) is 5.82 Å². The number of esters is 1. The largest absolute Gasteiger partial charge is 0.462 e. The minimum atomic E-state index is -0.391. The lowest BCUT2D eigenvalue weighted by atomic mass is 10.1. The van der Waals surface area contributed by atoms with Crippen molar-refractivity contribution < 1.29 is 9.53 Å². The second-order valence-electron chi connectivity index (χ2n) is 4.26. The van der Waals surface area contributed by atoms with Gasteiger partial charge >= 0.3 is 5.97 Å². The summed E-state index contributed by atoms with van der Waals surface area (Å²) in [7, 11) is 0. The number of nitrogens with zero attached hydrogens (tertiary/aromatic N) is 2. The number of hydrogen-bond acceptors (Lipinski definition) is 4. The van der Waals surface area contributed by atoms with Crippen LogP contribution in [0.4, 0.5) is 0 Å². The number of benzene rings is 1. The maximum absolute atomic E-state index is 11.8. The molecule has 0 saturated heterocycles. The Labute approximate surface area is 136 Å². The van der Waals surface area contributed by atoms with Crippen LogP contribution in [0.1, 0.15) is 29.9 Å². The van der Waals surface area contributed by atoms with Gasteiger partial charge in [-0.25, -0.2) is 14.8 Å². The quantitative estimate of drug-likeness (QED) is 0.754. The molecule has 2 rings (SSSR count). The van der Waals surface area contributed by atoms with Crippen LogP contribution in [0.2, 0.25) is 5.02 Å². The van der Waals surface area contributed by atoms with Crippen LogP contribution in [0.25, 0.3) is 11.4 Å². The predicted molar refractivity (Wildman–Crippen MR) is 85.5 cm³/mol. The van der Waals surface area contributed by atoms with E-state index >= 15 is 0 Å². The molecule has 0 bridgehead atoms. The van der Waals surface area contributed by atoms with E-state index in [1.165, 1.54) is 6.20 Å². The molecule has 21 heavy (non-hydrogen) atoms. The number of hydrogen-bond donors (Lipinski definition) is 0. The van der Waals surface area contributed by atoms with Gasteiger partial charge in [0, 0.05) is 16.2 Å². The van der Waals surface area contributed by atoms with Gasteiger partial charge < -0.3 is 4.74 Å². The Balaban J connectivity index is 2.42. The molecule has 0 aliphatic rings. The molecule has 0 saturated carbocycles. The Kier molecular flexibility index (Phi) is 5.31. The Bertz CT molecular complexity index is 677. The first-order valence-electron chi connectivity index (χ1n) is 6.55. The Hall–Kier alpha value is -1.46. The summed E-state index contributed by atoms with van der Waals surface area (Å²) in [5.41, 5.74) is 1.91. The fourth-order valence-electron chi connectivity index (χ4n) is 1.84. The predicted octanol–water partition coefficient (Wildman–Crippen LogP) is 4.30. The van der Waals surface area contributed by atoms with Gasteiger partial charge in [-0.15, -0.1) is 0 Å². The van der Waals surface area contributed by atoms with Crippen molar-refractivity contribution in [3.8, 4) is 11.4 Å². The fourth-order valence-corrected chi connectivity index (χ4v) is 2.34. The Morgan fingerprint density at radius 3 is 2.76 bits per heavy atom. The molecular formula is C15H14BrClN2O2. The van der Waals surface area contributed by atoms with E-state index in [9.17, 15) is 4.79 Å². The zero-order chi connectivity index (χ0) is 15.4. The van der Waals surface area contributed by atoms with Gasteiger partial charge in [0.1, 0.15) is 0 Å². The molecule has 1 aromatic carbocycles. The monoisotopic (exact) mass is 368 g/mol. The van der Waals surface area contributed by atoms with E-state index in [2.05, 4.69) is 25.9 Å². The van der Waals surface area contributed by atoms with Gasteiger partial charge in [-0.3, -0.25) is 0 Å². The molecule has 2 aromatic rings. The third-order valence-corrected chi connectivity index (χ3v) is 4.09. The van der Waals surface area contributed by atoms with Crippen LogP contribution in [0, 0.1) is 0 Å². The summed E-state index contributed by atoms with van der Waals surface area (Å²) in [6, 6.07) is 5.46. The average molecular weight is 370 g/mol. The number of carbonyl (C=O) groups excluding carboxylic acids is 1. The van der Waals surface area contributed by atoms with Crippen LogP contribution >= 0.6 is 27.5 Å². The van der Waals surface area contributed by atoms with Crippen LogP contribution in [-0.2, 0) is 11.2 Å². The molecule has 0 aliphatic carbocycles. The van der Waals surface area contributed by atoms with E-state index in [0.29, 0.717) is 35.1 Å². The fraction of sp³-hybridized carbons (Fsp3) is 0.267. The molecule has 0 radical (unpaired) electrons. The van der Waals surface area contributed by atoms with Crippen LogP contribution in [0.15, 0.2) is 28.9 Å². The maximum atomic E-state index is 11.8. The van der Waals surface area contributed by atoms with E-state index in [1.54, 1.807) is 13.0 Å². The van der Waals surface area contributed by atoms with Crippen molar-refractivity contribution >= 4 is 33.5 Å². The summed E-state index contributed by atoms with van der Waals surface area (Å²) in [4.78, 5) is 20.6. The number of aryl methyl sites for hydroxylation is 1. The van der Waals surface area contributed by atoms with Crippen molar-refractivity contribution in [1.82, 2.24) is 9.97 Å². The first-order chi connectivity index (χ1) is 10.1. The standard InChI is InChI=1S/C15H14BrClN2O2/c1-3-13-10(15(20)21-4-2)8-18-14(19-13)9-5-6-12(17)11(16)7-9/h5-8H,3-4H2,1-2H3. The minimum absolute atomic E-state index is 0.327. The molecule has 0 N–H and O–H groups in total. The summed E-state index contributed by atoms with van der Waals surface area (Å²) in [6.07, 6.45) is 2.14. The maximum Gasteiger partial charge on any atom is 0.341 e. The van der Waals surface area contributed by atoms with E-state index in [4.69, 9.17) is 16.3 Å². The molecular weight excluding hydrogens is 356 g/mol. The van der Waals surface area contributed by atoms with Gasteiger partial charge in [-0.05, 0) is 47.5 Å². The number of aromatic nitrogens is 2. The third kappa shape index (κ3) is 3.60. The Morgan fingerprint density at radius 1 is 1.38 bits per heavy atom. The number of rotatable bonds is 4. The molecule has 4 nitrogen and oxygen atoms in total. The SMILES string of the molecule is CCOC(=O)c1cnc(-c2ccc(Cl)c(Br)c2)nc1CC. The van der Waals surface area contributed by atoms with Crippen LogP contribution in [0.5, 0.6) is 0 Å². The molecule has 6 heteroatoms. The molecule has 0 fully saturated rings. The molecule has 0 spiro atoms.